The highest BCUT2D eigenvalue weighted by Gasteiger charge is 2.18. The van der Waals surface area contributed by atoms with Gasteiger partial charge < -0.3 is 14.6 Å². The predicted molar refractivity (Wildman–Crippen MR) is 39.3 cm³/mol. The maximum atomic E-state index is 10.4. The number of hydrogen-bond acceptors (Lipinski definition) is 3. The lowest BCUT2D eigenvalue weighted by Crippen LogP contribution is -2.29. The van der Waals surface area contributed by atoms with Gasteiger partial charge in [-0.05, 0) is 20.8 Å². The molecule has 0 aliphatic carbocycles. The number of carboxylic acids is 1. The molecule has 0 aromatic carbocycles. The maximum Gasteiger partial charge on any atom is 0.361 e. The van der Waals surface area contributed by atoms with Gasteiger partial charge in [0.15, 0.2) is 0 Å². The minimum absolute atomic E-state index is 0.136. The van der Waals surface area contributed by atoms with Gasteiger partial charge in [-0.25, -0.2) is 4.79 Å². The van der Waals surface area contributed by atoms with Gasteiger partial charge in [0.2, 0.25) is 0 Å². The lowest BCUT2D eigenvalue weighted by atomic mass is 10.5. The van der Waals surface area contributed by atoms with Crippen LogP contribution in [0.25, 0.3) is 0 Å². The molecule has 0 aliphatic rings. The zero-order chi connectivity index (χ0) is 8.85. The Morgan fingerprint density at radius 1 is 1.55 bits per heavy atom. The van der Waals surface area contributed by atoms with Crippen molar-refractivity contribution in [3.63, 3.8) is 0 Å². The average molecular weight is 162 g/mol. The van der Waals surface area contributed by atoms with Crippen LogP contribution in [-0.4, -0.2) is 30.1 Å². The lowest BCUT2D eigenvalue weighted by molar-refractivity contribution is -0.196. The first kappa shape index (κ1) is 10.4. The van der Waals surface area contributed by atoms with Crippen LogP contribution in [0, 0.1) is 0 Å². The molecule has 0 amide bonds. The van der Waals surface area contributed by atoms with Gasteiger partial charge in [0.25, 0.3) is 6.29 Å². The van der Waals surface area contributed by atoms with Gasteiger partial charge in [0, 0.05) is 6.61 Å². The number of hydrogen-bond donors (Lipinski definition) is 1. The van der Waals surface area contributed by atoms with Crippen LogP contribution in [0.3, 0.4) is 0 Å². The molecule has 0 spiro atoms. The zero-order valence-corrected chi connectivity index (χ0v) is 7.03. The van der Waals surface area contributed by atoms with E-state index in [-0.39, 0.29) is 6.10 Å². The summed E-state index contributed by atoms with van der Waals surface area (Å²) in [4.78, 5) is 10.4. The normalized spacial score (nSPS) is 13.5. The van der Waals surface area contributed by atoms with Gasteiger partial charge in [-0.2, -0.15) is 0 Å². The van der Waals surface area contributed by atoms with E-state index in [1.807, 2.05) is 0 Å². The Bertz CT molecular complexity index is 122. The second-order valence-electron chi connectivity index (χ2n) is 2.31. The molecular weight excluding hydrogens is 148 g/mol. The Balaban J connectivity index is 3.79. The third kappa shape index (κ3) is 4.75. The minimum atomic E-state index is -1.13. The van der Waals surface area contributed by atoms with Crippen LogP contribution in [0.15, 0.2) is 0 Å². The van der Waals surface area contributed by atoms with Crippen molar-refractivity contribution in [2.45, 2.75) is 33.2 Å². The summed E-state index contributed by atoms with van der Waals surface area (Å²) >= 11 is 0. The first-order chi connectivity index (χ1) is 5.07. The van der Waals surface area contributed by atoms with E-state index < -0.39 is 12.3 Å². The summed E-state index contributed by atoms with van der Waals surface area (Å²) in [5.41, 5.74) is 0. The largest absolute Gasteiger partial charge is 0.477 e. The molecule has 0 saturated carbocycles. The smallest absolute Gasteiger partial charge is 0.361 e. The maximum absolute atomic E-state index is 10.4. The van der Waals surface area contributed by atoms with Crippen molar-refractivity contribution in [1.29, 1.82) is 0 Å². The van der Waals surface area contributed by atoms with Crippen LogP contribution in [0.2, 0.25) is 0 Å². The molecule has 66 valence electrons. The van der Waals surface area contributed by atoms with Gasteiger partial charge in [0.1, 0.15) is 0 Å². The highest BCUT2D eigenvalue weighted by atomic mass is 16.7. The van der Waals surface area contributed by atoms with E-state index in [2.05, 4.69) is 0 Å². The number of rotatable bonds is 5. The quantitative estimate of drug-likeness (QED) is 0.609. The standard InChI is InChI=1S/C7H14O4/c1-4-10-7(6(8)9)11-5(2)3/h5,7H,4H2,1-3H3,(H,8,9). The molecule has 0 aromatic rings. The van der Waals surface area contributed by atoms with Crippen LogP contribution in [-0.2, 0) is 14.3 Å². The Hall–Kier alpha value is -0.610. The van der Waals surface area contributed by atoms with Crippen LogP contribution in [0.5, 0.6) is 0 Å². The molecule has 0 radical (unpaired) electrons. The molecule has 0 heterocycles. The first-order valence-electron chi connectivity index (χ1n) is 3.57. The van der Waals surface area contributed by atoms with Gasteiger partial charge in [-0.1, -0.05) is 0 Å². The molecular formula is C7H14O4. The molecule has 1 unspecified atom stereocenters. The topological polar surface area (TPSA) is 55.8 Å². The summed E-state index contributed by atoms with van der Waals surface area (Å²) in [6.07, 6.45) is -1.26. The van der Waals surface area contributed by atoms with Crippen molar-refractivity contribution >= 4 is 5.97 Å². The molecule has 1 N–H and O–H groups in total. The van der Waals surface area contributed by atoms with Gasteiger partial charge in [0.05, 0.1) is 6.10 Å². The Morgan fingerprint density at radius 2 is 2.09 bits per heavy atom. The third-order valence-electron chi connectivity index (χ3n) is 0.915. The summed E-state index contributed by atoms with van der Waals surface area (Å²) in [5, 5.41) is 8.50. The van der Waals surface area contributed by atoms with Gasteiger partial charge >= 0.3 is 5.97 Å². The molecule has 4 heteroatoms. The van der Waals surface area contributed by atoms with Crippen molar-refractivity contribution < 1.29 is 19.4 Å². The molecule has 4 nitrogen and oxygen atoms in total. The van der Waals surface area contributed by atoms with Gasteiger partial charge in [-0.15, -0.1) is 0 Å². The fourth-order valence-corrected chi connectivity index (χ4v) is 0.567. The summed E-state index contributed by atoms with van der Waals surface area (Å²) < 4.78 is 9.72. The summed E-state index contributed by atoms with van der Waals surface area (Å²) in [6.45, 7) is 5.58. The molecule has 11 heavy (non-hydrogen) atoms. The summed E-state index contributed by atoms with van der Waals surface area (Å²) in [5.74, 6) is -1.08. The second kappa shape index (κ2) is 5.09. The van der Waals surface area contributed by atoms with E-state index in [9.17, 15) is 4.79 Å². The number of carboxylic acid groups (broad SMARTS) is 1. The van der Waals surface area contributed by atoms with Crippen molar-refractivity contribution in [2.24, 2.45) is 0 Å². The molecule has 0 rings (SSSR count). The van der Waals surface area contributed by atoms with Crippen molar-refractivity contribution in [1.82, 2.24) is 0 Å². The average Bonchev–Trinajstić information content (AvgIpc) is 1.86. The van der Waals surface area contributed by atoms with Crippen molar-refractivity contribution in [2.75, 3.05) is 6.61 Å². The second-order valence-corrected chi connectivity index (χ2v) is 2.31. The fourth-order valence-electron chi connectivity index (χ4n) is 0.567. The molecule has 0 aliphatic heterocycles. The van der Waals surface area contributed by atoms with Crippen molar-refractivity contribution in [3.8, 4) is 0 Å². The molecule has 0 fully saturated rings. The highest BCUT2D eigenvalue weighted by molar-refractivity contribution is 5.70. The number of aliphatic carboxylic acids is 1. The van der Waals surface area contributed by atoms with E-state index in [0.29, 0.717) is 6.61 Å². The molecule has 1 atom stereocenters. The van der Waals surface area contributed by atoms with E-state index in [1.54, 1.807) is 20.8 Å². The number of ether oxygens (including phenoxy) is 2. The number of carbonyl (C=O) groups is 1. The molecule has 0 saturated heterocycles. The minimum Gasteiger partial charge on any atom is -0.477 e. The van der Waals surface area contributed by atoms with Crippen LogP contribution >= 0.6 is 0 Å². The third-order valence-corrected chi connectivity index (χ3v) is 0.915. The summed E-state index contributed by atoms with van der Waals surface area (Å²) in [7, 11) is 0. The first-order valence-corrected chi connectivity index (χ1v) is 3.57. The Morgan fingerprint density at radius 3 is 2.36 bits per heavy atom. The van der Waals surface area contributed by atoms with Crippen LogP contribution in [0.1, 0.15) is 20.8 Å². The Labute approximate surface area is 66.1 Å². The van der Waals surface area contributed by atoms with Gasteiger partial charge in [-0.3, -0.25) is 0 Å². The Kier molecular flexibility index (Phi) is 4.81. The predicted octanol–water partition coefficient (Wildman–Crippen LogP) is 0.859. The molecule has 0 aromatic heterocycles. The monoisotopic (exact) mass is 162 g/mol. The fraction of sp³-hybridized carbons (Fsp3) is 0.857. The lowest BCUT2D eigenvalue weighted by Gasteiger charge is -2.15. The highest BCUT2D eigenvalue weighted by Crippen LogP contribution is 1.99. The molecule has 0 bridgehead atoms. The SMILES string of the molecule is CCOC(OC(C)C)C(=O)O. The van der Waals surface area contributed by atoms with Crippen LogP contribution in [0.4, 0.5) is 0 Å². The van der Waals surface area contributed by atoms with E-state index in [1.165, 1.54) is 0 Å². The van der Waals surface area contributed by atoms with Crippen LogP contribution < -0.4 is 0 Å². The van der Waals surface area contributed by atoms with E-state index >= 15 is 0 Å². The zero-order valence-electron chi connectivity index (χ0n) is 7.03. The van der Waals surface area contributed by atoms with E-state index in [4.69, 9.17) is 14.6 Å². The van der Waals surface area contributed by atoms with E-state index in [0.717, 1.165) is 0 Å². The van der Waals surface area contributed by atoms with Crippen molar-refractivity contribution in [3.05, 3.63) is 0 Å². The summed E-state index contributed by atoms with van der Waals surface area (Å²) in [6, 6.07) is 0.